The maximum atomic E-state index is 8.81. The van der Waals surface area contributed by atoms with Crippen molar-refractivity contribution in [2.75, 3.05) is 0 Å². The van der Waals surface area contributed by atoms with Gasteiger partial charge in [-0.15, -0.1) is 0 Å². The largest absolute Gasteiger partial charge is 0.409 e. The molecule has 1 atom stereocenters. The summed E-state index contributed by atoms with van der Waals surface area (Å²) in [4.78, 5) is 4.16. The highest BCUT2D eigenvalue weighted by Crippen LogP contribution is 2.17. The number of nitrogens with two attached hydrogens (primary N) is 1. The molecule has 5 nitrogen and oxygen atoms in total. The van der Waals surface area contributed by atoms with Gasteiger partial charge >= 0.3 is 0 Å². The third-order valence-corrected chi connectivity index (χ3v) is 3.50. The first kappa shape index (κ1) is 15.0. The summed E-state index contributed by atoms with van der Waals surface area (Å²) in [6, 6.07) is 12.2. The predicted molar refractivity (Wildman–Crippen MR) is 83.2 cm³/mol. The number of aryl methyl sites for hydroxylation is 1. The second kappa shape index (κ2) is 6.85. The minimum atomic E-state index is 0.0240. The summed E-state index contributed by atoms with van der Waals surface area (Å²) in [5.41, 5.74) is 9.55. The standard InChI is InChI=1S/C16H20N4O/c1-11-6-3-4-8-14(11)12(2)19-10-13-7-5-9-18-15(13)16(17)20-21/h3-9,12,19,21H,10H2,1-2H3,(H2,17,20). The SMILES string of the molecule is Cc1ccccc1C(C)NCc1cccnc1C(N)=NO. The Morgan fingerprint density at radius 2 is 2.10 bits per heavy atom. The molecule has 4 N–H and O–H groups in total. The number of nitrogens with one attached hydrogen (secondary N) is 1. The zero-order valence-electron chi connectivity index (χ0n) is 12.2. The molecule has 2 rings (SSSR count). The Hall–Kier alpha value is -2.40. The zero-order valence-corrected chi connectivity index (χ0v) is 12.2. The van der Waals surface area contributed by atoms with E-state index in [0.29, 0.717) is 12.2 Å². The van der Waals surface area contributed by atoms with Crippen LogP contribution in [0.3, 0.4) is 0 Å². The summed E-state index contributed by atoms with van der Waals surface area (Å²) in [5, 5.41) is 15.3. The van der Waals surface area contributed by atoms with E-state index in [1.807, 2.05) is 24.3 Å². The van der Waals surface area contributed by atoms with Crippen molar-refractivity contribution in [3.8, 4) is 0 Å². The van der Waals surface area contributed by atoms with Crippen LogP contribution in [-0.2, 0) is 6.54 Å². The maximum Gasteiger partial charge on any atom is 0.189 e. The fourth-order valence-corrected chi connectivity index (χ4v) is 2.30. The van der Waals surface area contributed by atoms with Crippen molar-refractivity contribution in [1.29, 1.82) is 0 Å². The molecule has 0 spiro atoms. The van der Waals surface area contributed by atoms with E-state index in [1.54, 1.807) is 6.20 Å². The van der Waals surface area contributed by atoms with E-state index in [0.717, 1.165) is 5.56 Å². The summed E-state index contributed by atoms with van der Waals surface area (Å²) < 4.78 is 0. The normalized spacial score (nSPS) is 13.1. The van der Waals surface area contributed by atoms with Gasteiger partial charge in [0.15, 0.2) is 5.84 Å². The van der Waals surface area contributed by atoms with Gasteiger partial charge in [-0.25, -0.2) is 0 Å². The topological polar surface area (TPSA) is 83.5 Å². The second-order valence-corrected chi connectivity index (χ2v) is 4.96. The molecule has 1 aromatic carbocycles. The third kappa shape index (κ3) is 3.58. The summed E-state index contributed by atoms with van der Waals surface area (Å²) in [6.07, 6.45) is 1.63. The van der Waals surface area contributed by atoms with Crippen molar-refractivity contribution >= 4 is 5.84 Å². The van der Waals surface area contributed by atoms with Crippen LogP contribution in [0.25, 0.3) is 0 Å². The van der Waals surface area contributed by atoms with Crippen LogP contribution in [0.1, 0.15) is 35.3 Å². The molecule has 0 radical (unpaired) electrons. The third-order valence-electron chi connectivity index (χ3n) is 3.50. The Bertz CT molecular complexity index is 640. The van der Waals surface area contributed by atoms with Crippen LogP contribution in [0.5, 0.6) is 0 Å². The fourth-order valence-electron chi connectivity index (χ4n) is 2.30. The monoisotopic (exact) mass is 284 g/mol. The molecule has 0 bridgehead atoms. The van der Waals surface area contributed by atoms with E-state index in [-0.39, 0.29) is 11.9 Å². The molecule has 2 aromatic rings. The van der Waals surface area contributed by atoms with Gasteiger partial charge < -0.3 is 16.3 Å². The Morgan fingerprint density at radius 3 is 2.81 bits per heavy atom. The van der Waals surface area contributed by atoms with Crippen molar-refractivity contribution in [2.45, 2.75) is 26.4 Å². The first-order valence-corrected chi connectivity index (χ1v) is 6.84. The van der Waals surface area contributed by atoms with E-state index < -0.39 is 0 Å². The first-order chi connectivity index (χ1) is 10.1. The van der Waals surface area contributed by atoms with Crippen LogP contribution in [0.4, 0.5) is 0 Å². The van der Waals surface area contributed by atoms with Gasteiger partial charge in [-0.05, 0) is 36.6 Å². The van der Waals surface area contributed by atoms with Crippen molar-refractivity contribution < 1.29 is 5.21 Å². The molecule has 0 fully saturated rings. The van der Waals surface area contributed by atoms with Crippen molar-refractivity contribution in [1.82, 2.24) is 10.3 Å². The van der Waals surface area contributed by atoms with Crippen LogP contribution < -0.4 is 11.1 Å². The number of hydrogen-bond donors (Lipinski definition) is 3. The van der Waals surface area contributed by atoms with Gasteiger partial charge in [-0.2, -0.15) is 0 Å². The lowest BCUT2D eigenvalue weighted by Crippen LogP contribution is -2.23. The molecule has 0 amide bonds. The molecule has 0 aliphatic rings. The molecule has 21 heavy (non-hydrogen) atoms. The number of hydrogen-bond acceptors (Lipinski definition) is 4. The Balaban J connectivity index is 2.12. The number of pyridine rings is 1. The van der Waals surface area contributed by atoms with Gasteiger partial charge in [-0.3, -0.25) is 4.98 Å². The highest BCUT2D eigenvalue weighted by Gasteiger charge is 2.11. The average molecular weight is 284 g/mol. The number of amidine groups is 1. The summed E-state index contributed by atoms with van der Waals surface area (Å²) in [7, 11) is 0. The molecule has 5 heteroatoms. The zero-order chi connectivity index (χ0) is 15.2. The van der Waals surface area contributed by atoms with E-state index in [1.165, 1.54) is 11.1 Å². The summed E-state index contributed by atoms with van der Waals surface area (Å²) >= 11 is 0. The highest BCUT2D eigenvalue weighted by atomic mass is 16.4. The number of aromatic nitrogens is 1. The molecule has 110 valence electrons. The highest BCUT2D eigenvalue weighted by molar-refractivity contribution is 5.96. The average Bonchev–Trinajstić information content (AvgIpc) is 2.52. The van der Waals surface area contributed by atoms with Crippen molar-refractivity contribution in [3.05, 3.63) is 65.0 Å². The van der Waals surface area contributed by atoms with Crippen LogP contribution in [0.2, 0.25) is 0 Å². The molecule has 0 saturated heterocycles. The second-order valence-electron chi connectivity index (χ2n) is 4.96. The summed E-state index contributed by atoms with van der Waals surface area (Å²) in [6.45, 7) is 4.80. The molecule has 0 saturated carbocycles. The number of nitrogens with zero attached hydrogens (tertiary/aromatic N) is 2. The Morgan fingerprint density at radius 1 is 1.33 bits per heavy atom. The lowest BCUT2D eigenvalue weighted by atomic mass is 10.0. The number of oxime groups is 1. The van der Waals surface area contributed by atoms with Gasteiger partial charge in [0.1, 0.15) is 5.69 Å². The van der Waals surface area contributed by atoms with Gasteiger partial charge in [0.05, 0.1) is 0 Å². The Kier molecular flexibility index (Phi) is 4.90. The number of benzene rings is 1. The summed E-state index contributed by atoms with van der Waals surface area (Å²) in [5.74, 6) is 0.0240. The molecule has 0 aliphatic carbocycles. The smallest absolute Gasteiger partial charge is 0.189 e. The van der Waals surface area contributed by atoms with Gasteiger partial charge in [0, 0.05) is 18.8 Å². The minimum absolute atomic E-state index is 0.0240. The molecule has 0 aliphatic heterocycles. The first-order valence-electron chi connectivity index (χ1n) is 6.84. The van der Waals surface area contributed by atoms with Gasteiger partial charge in [0.25, 0.3) is 0 Å². The van der Waals surface area contributed by atoms with Crippen molar-refractivity contribution in [3.63, 3.8) is 0 Å². The Labute approximate surface area is 124 Å². The molecular weight excluding hydrogens is 264 g/mol. The van der Waals surface area contributed by atoms with E-state index in [4.69, 9.17) is 10.9 Å². The quantitative estimate of drug-likeness (QED) is 0.340. The van der Waals surface area contributed by atoms with Gasteiger partial charge in [-0.1, -0.05) is 35.5 Å². The van der Waals surface area contributed by atoms with Crippen LogP contribution in [-0.4, -0.2) is 16.0 Å². The predicted octanol–water partition coefficient (Wildman–Crippen LogP) is 2.34. The number of rotatable bonds is 5. The van der Waals surface area contributed by atoms with Crippen LogP contribution in [0.15, 0.2) is 47.8 Å². The lowest BCUT2D eigenvalue weighted by Gasteiger charge is -2.17. The molecule has 1 unspecified atom stereocenters. The van der Waals surface area contributed by atoms with Gasteiger partial charge in [0.2, 0.25) is 0 Å². The molecule has 1 aromatic heterocycles. The van der Waals surface area contributed by atoms with E-state index in [9.17, 15) is 0 Å². The van der Waals surface area contributed by atoms with E-state index in [2.05, 4.69) is 41.4 Å². The minimum Gasteiger partial charge on any atom is -0.409 e. The van der Waals surface area contributed by atoms with Crippen molar-refractivity contribution in [2.24, 2.45) is 10.9 Å². The molecular formula is C16H20N4O. The lowest BCUT2D eigenvalue weighted by molar-refractivity contribution is 0.318. The van der Waals surface area contributed by atoms with Crippen LogP contribution in [0, 0.1) is 6.92 Å². The maximum absolute atomic E-state index is 8.81. The van der Waals surface area contributed by atoms with E-state index >= 15 is 0 Å². The fraction of sp³-hybridized carbons (Fsp3) is 0.250. The van der Waals surface area contributed by atoms with Crippen LogP contribution >= 0.6 is 0 Å². The molecule has 1 heterocycles.